The molecule has 1 atom stereocenters. The van der Waals surface area contributed by atoms with Crippen LogP contribution in [0, 0.1) is 5.82 Å². The molecule has 1 heterocycles. The minimum atomic E-state index is -1.75. The fraction of sp³-hybridized carbons (Fsp3) is 0.0870. The van der Waals surface area contributed by atoms with Crippen LogP contribution in [0.25, 0.3) is 0 Å². The third-order valence-electron chi connectivity index (χ3n) is 3.64. The molecule has 31 heavy (non-hydrogen) atoms. The summed E-state index contributed by atoms with van der Waals surface area (Å²) in [6, 6.07) is 12.8. The summed E-state index contributed by atoms with van der Waals surface area (Å²) in [4.78, 5) is 4.42. The first-order valence-corrected chi connectivity index (χ1v) is 10.8. The van der Waals surface area contributed by atoms with Gasteiger partial charge >= 0.3 is 0 Å². The van der Waals surface area contributed by atoms with E-state index in [2.05, 4.69) is 11.6 Å². The van der Waals surface area contributed by atoms with Crippen LogP contribution in [0.5, 0.6) is 0 Å². The number of nitrogens with two attached hydrogens (primary N) is 2. The molecule has 0 saturated heterocycles. The van der Waals surface area contributed by atoms with Crippen LogP contribution in [0.2, 0.25) is 0 Å². The van der Waals surface area contributed by atoms with Crippen LogP contribution in [-0.2, 0) is 10.8 Å². The molecule has 1 aliphatic rings. The van der Waals surface area contributed by atoms with E-state index in [0.717, 1.165) is 5.56 Å². The van der Waals surface area contributed by atoms with E-state index in [4.69, 9.17) is 23.2 Å². The van der Waals surface area contributed by atoms with Crippen molar-refractivity contribution in [2.75, 3.05) is 5.01 Å². The number of hydrogen-bond acceptors (Lipinski definition) is 5. The van der Waals surface area contributed by atoms with E-state index in [0.29, 0.717) is 5.69 Å². The average molecular weight is 461 g/mol. The molecule has 0 bridgehead atoms. The molecule has 0 aliphatic carbocycles. The average Bonchev–Trinajstić information content (AvgIpc) is 2.80. The zero-order valence-corrected chi connectivity index (χ0v) is 19.0. The molecule has 1 unspecified atom stereocenters. The summed E-state index contributed by atoms with van der Waals surface area (Å²) in [6.07, 6.45) is 8.94. The predicted molar refractivity (Wildman–Crippen MR) is 130 cm³/mol. The molecule has 1 aliphatic heterocycles. The van der Waals surface area contributed by atoms with Crippen molar-refractivity contribution >= 4 is 34.3 Å². The Hall–Kier alpha value is -3.00. The third-order valence-corrected chi connectivity index (χ3v) is 5.15. The Morgan fingerprint density at radius 2 is 1.87 bits per heavy atom. The highest BCUT2D eigenvalue weighted by Crippen LogP contribution is 2.27. The van der Waals surface area contributed by atoms with E-state index in [1.54, 1.807) is 24.4 Å². The number of halogens is 2. The number of benzene rings is 2. The summed E-state index contributed by atoms with van der Waals surface area (Å²) >= 11 is 5.01. The van der Waals surface area contributed by atoms with E-state index in [1.807, 2.05) is 44.2 Å². The Morgan fingerprint density at radius 3 is 2.42 bits per heavy atom. The van der Waals surface area contributed by atoms with Crippen molar-refractivity contribution in [2.45, 2.75) is 18.7 Å². The molecule has 2 aromatic rings. The minimum Gasteiger partial charge on any atom is -0.388 e. The Bertz CT molecular complexity index is 1010. The zero-order valence-electron chi connectivity index (χ0n) is 17.4. The van der Waals surface area contributed by atoms with Gasteiger partial charge in [-0.3, -0.25) is 5.01 Å². The van der Waals surface area contributed by atoms with Crippen molar-refractivity contribution in [1.82, 2.24) is 0 Å². The maximum absolute atomic E-state index is 13.3. The van der Waals surface area contributed by atoms with Gasteiger partial charge in [0, 0.05) is 16.7 Å². The first-order valence-electron chi connectivity index (χ1n) is 9.21. The van der Waals surface area contributed by atoms with E-state index in [9.17, 15) is 8.60 Å². The standard InChI is InChI=1S/C15H13FN4OS.C5H8.C3H5Cl/c16-11-5-3-6-12(8-11)22(21)14(17)15-19-9-10-4-1-2-7-13(10)20(15)18;1-3-5-4-2;1-2-3-4/h1-9H,17-18H2;3-5H,1H2,2H3;2-3H,1H3/b15-14+;5-4-;3-2+. The fourth-order valence-electron chi connectivity index (χ4n) is 2.23. The predicted octanol–water partition coefficient (Wildman–Crippen LogP) is 5.34. The van der Waals surface area contributed by atoms with Gasteiger partial charge in [-0.05, 0) is 43.6 Å². The van der Waals surface area contributed by atoms with E-state index >= 15 is 0 Å². The summed E-state index contributed by atoms with van der Waals surface area (Å²) in [5.74, 6) is 5.71. The maximum atomic E-state index is 13.3. The number of fused-ring (bicyclic) bond motifs is 1. The second-order valence-electron chi connectivity index (χ2n) is 5.82. The smallest absolute Gasteiger partial charge is 0.180 e. The summed E-state index contributed by atoms with van der Waals surface area (Å²) < 4.78 is 25.7. The van der Waals surface area contributed by atoms with Crippen LogP contribution in [0.4, 0.5) is 10.1 Å². The second-order valence-corrected chi connectivity index (χ2v) is 7.52. The third kappa shape index (κ3) is 7.97. The SMILES string of the molecule is C/C=C/Cl.C=C/C=C\C.N/C(=C1/N=Cc2ccccc2N1N)S(=O)c1cccc(F)c1. The molecule has 4 N–H and O–H groups in total. The topological polar surface area (TPSA) is 84.7 Å². The van der Waals surface area contributed by atoms with Gasteiger partial charge in [0.15, 0.2) is 5.82 Å². The van der Waals surface area contributed by atoms with Gasteiger partial charge in [-0.2, -0.15) is 0 Å². The van der Waals surface area contributed by atoms with E-state index in [1.165, 1.54) is 34.8 Å². The van der Waals surface area contributed by atoms with Crippen molar-refractivity contribution in [3.8, 4) is 0 Å². The normalized spacial score (nSPS) is 14.8. The van der Waals surface area contributed by atoms with Crippen LogP contribution >= 0.6 is 11.6 Å². The first-order chi connectivity index (χ1) is 14.9. The van der Waals surface area contributed by atoms with Crippen LogP contribution < -0.4 is 16.6 Å². The lowest BCUT2D eigenvalue weighted by atomic mass is 10.1. The largest absolute Gasteiger partial charge is 0.388 e. The molecule has 2 aromatic carbocycles. The molecule has 0 radical (unpaired) electrons. The summed E-state index contributed by atoms with van der Waals surface area (Å²) in [6.45, 7) is 7.29. The molecule has 5 nitrogen and oxygen atoms in total. The van der Waals surface area contributed by atoms with Crippen LogP contribution in [0.15, 0.2) is 106 Å². The number of hydrogen-bond donors (Lipinski definition) is 2. The van der Waals surface area contributed by atoms with Crippen molar-refractivity contribution in [3.05, 3.63) is 107 Å². The number of hydrazine groups is 1. The summed E-state index contributed by atoms with van der Waals surface area (Å²) in [7, 11) is -1.75. The van der Waals surface area contributed by atoms with Gasteiger partial charge in [0.1, 0.15) is 21.6 Å². The number of allylic oxidation sites excluding steroid dienone is 4. The number of anilines is 1. The van der Waals surface area contributed by atoms with Crippen LogP contribution in [-0.4, -0.2) is 10.4 Å². The first kappa shape index (κ1) is 26.0. The van der Waals surface area contributed by atoms with E-state index in [-0.39, 0.29) is 15.7 Å². The lowest BCUT2D eigenvalue weighted by molar-refractivity contribution is 0.622. The highest BCUT2D eigenvalue weighted by atomic mass is 35.5. The fourth-order valence-corrected chi connectivity index (χ4v) is 3.23. The van der Waals surface area contributed by atoms with Gasteiger partial charge in [-0.25, -0.2) is 19.4 Å². The Morgan fingerprint density at radius 1 is 1.19 bits per heavy atom. The number of rotatable bonds is 3. The highest BCUT2D eigenvalue weighted by molar-refractivity contribution is 7.89. The highest BCUT2D eigenvalue weighted by Gasteiger charge is 2.21. The number of para-hydroxylation sites is 1. The van der Waals surface area contributed by atoms with Crippen LogP contribution in [0.1, 0.15) is 19.4 Å². The van der Waals surface area contributed by atoms with E-state index < -0.39 is 16.6 Å². The molecule has 8 heteroatoms. The lowest BCUT2D eigenvalue weighted by Crippen LogP contribution is -2.35. The number of aliphatic imine (C=N–C) groups is 1. The molecule has 164 valence electrons. The van der Waals surface area contributed by atoms with Gasteiger partial charge in [0.05, 0.1) is 5.69 Å². The van der Waals surface area contributed by atoms with Crippen LogP contribution in [0.3, 0.4) is 0 Å². The van der Waals surface area contributed by atoms with Gasteiger partial charge in [0.25, 0.3) is 0 Å². The monoisotopic (exact) mass is 460 g/mol. The lowest BCUT2D eigenvalue weighted by Gasteiger charge is -2.25. The van der Waals surface area contributed by atoms with Crippen molar-refractivity contribution in [2.24, 2.45) is 16.6 Å². The Kier molecular flexibility index (Phi) is 11.8. The molecule has 3 rings (SSSR count). The quantitative estimate of drug-likeness (QED) is 0.478. The molecular weight excluding hydrogens is 435 g/mol. The molecule has 0 spiro atoms. The Balaban J connectivity index is 0.000000454. The van der Waals surface area contributed by atoms with Crippen molar-refractivity contribution in [3.63, 3.8) is 0 Å². The zero-order chi connectivity index (χ0) is 23.2. The maximum Gasteiger partial charge on any atom is 0.180 e. The molecule has 0 saturated carbocycles. The van der Waals surface area contributed by atoms with Gasteiger partial charge in [0.2, 0.25) is 0 Å². The summed E-state index contributed by atoms with van der Waals surface area (Å²) in [5, 5.41) is 1.25. The number of nitrogens with zero attached hydrogens (tertiary/aromatic N) is 2. The molecule has 0 amide bonds. The second kappa shape index (κ2) is 14.1. The summed E-state index contributed by atoms with van der Waals surface area (Å²) in [5.41, 5.74) is 8.95. The van der Waals surface area contributed by atoms with Crippen molar-refractivity contribution < 1.29 is 8.60 Å². The van der Waals surface area contributed by atoms with Crippen molar-refractivity contribution in [1.29, 1.82) is 0 Å². The van der Waals surface area contributed by atoms with Gasteiger partial charge in [-0.15, -0.1) is 0 Å². The van der Waals surface area contributed by atoms with Gasteiger partial charge in [-0.1, -0.05) is 66.7 Å². The Labute approximate surface area is 190 Å². The molecular formula is C23H26ClFN4OS. The minimum absolute atomic E-state index is 0.0288. The van der Waals surface area contributed by atoms with Gasteiger partial charge < -0.3 is 5.73 Å². The molecule has 0 aromatic heterocycles. The molecule has 0 fully saturated rings.